The van der Waals surface area contributed by atoms with Crippen LogP contribution in [0.2, 0.25) is 5.02 Å². The van der Waals surface area contributed by atoms with Gasteiger partial charge in [0.2, 0.25) is 0 Å². The first kappa shape index (κ1) is 14.4. The number of carboxylic acids is 1. The lowest BCUT2D eigenvalue weighted by atomic mass is 10.2. The van der Waals surface area contributed by atoms with E-state index in [9.17, 15) is 9.59 Å². The first-order valence-electron chi connectivity index (χ1n) is 4.13. The van der Waals surface area contributed by atoms with Crippen LogP contribution in [0, 0.1) is 0 Å². The van der Waals surface area contributed by atoms with Crippen molar-refractivity contribution >= 4 is 64.0 Å². The molecule has 0 heterocycles. The van der Waals surface area contributed by atoms with E-state index in [0.29, 0.717) is 0 Å². The van der Waals surface area contributed by atoms with Crippen molar-refractivity contribution in [1.82, 2.24) is 0 Å². The molecule has 1 rings (SSSR count). The molecule has 0 spiro atoms. The maximum Gasteiger partial charge on any atom is 0.337 e. The third-order valence-electron chi connectivity index (χ3n) is 1.71. The molecule has 1 aromatic carbocycles. The molecule has 0 saturated carbocycles. The lowest BCUT2D eigenvalue weighted by Crippen LogP contribution is -2.27. The van der Waals surface area contributed by atoms with Crippen LogP contribution in [-0.2, 0) is 4.79 Å². The Morgan fingerprint density at radius 3 is 2.29 bits per heavy atom. The van der Waals surface area contributed by atoms with E-state index in [-0.39, 0.29) is 16.3 Å². The number of alkyl halides is 3. The van der Waals surface area contributed by atoms with E-state index >= 15 is 0 Å². The zero-order valence-corrected chi connectivity index (χ0v) is 11.0. The molecule has 0 aliphatic rings. The summed E-state index contributed by atoms with van der Waals surface area (Å²) in [5.74, 6) is -2.11. The van der Waals surface area contributed by atoms with Gasteiger partial charge in [-0.2, -0.15) is 0 Å². The predicted octanol–water partition coefficient (Wildman–Crippen LogP) is 3.35. The third-order valence-corrected chi connectivity index (χ3v) is 2.56. The van der Waals surface area contributed by atoms with Gasteiger partial charge < -0.3 is 10.4 Å². The number of anilines is 1. The molecule has 0 aliphatic heterocycles. The molecule has 17 heavy (non-hydrogen) atoms. The topological polar surface area (TPSA) is 66.4 Å². The number of rotatable bonds is 2. The summed E-state index contributed by atoms with van der Waals surface area (Å²) in [5.41, 5.74) is 0.0110. The molecular weight excluding hydrogens is 312 g/mol. The lowest BCUT2D eigenvalue weighted by molar-refractivity contribution is -0.115. The molecule has 0 radical (unpaired) electrons. The standard InChI is InChI=1S/C9H5Cl4NO3/c10-6-2-1-4(3-5(6)7(15)16)14-8(17)9(11,12)13/h1-3H,(H,14,17)(H,15,16). The number of benzene rings is 1. The highest BCUT2D eigenvalue weighted by atomic mass is 35.6. The summed E-state index contributed by atoms with van der Waals surface area (Å²) in [4.78, 5) is 22.1. The van der Waals surface area contributed by atoms with Gasteiger partial charge in [-0.25, -0.2) is 4.79 Å². The fraction of sp³-hybridized carbons (Fsp3) is 0.111. The Hall–Kier alpha value is -0.680. The maximum atomic E-state index is 11.3. The highest BCUT2D eigenvalue weighted by Crippen LogP contribution is 2.28. The van der Waals surface area contributed by atoms with E-state index in [4.69, 9.17) is 51.5 Å². The van der Waals surface area contributed by atoms with Crippen molar-refractivity contribution in [2.75, 3.05) is 5.32 Å². The Kier molecular flexibility index (Phi) is 4.49. The number of carbonyl (C=O) groups excluding carboxylic acids is 1. The fourth-order valence-corrected chi connectivity index (χ4v) is 1.31. The summed E-state index contributed by atoms with van der Waals surface area (Å²) in [6.07, 6.45) is 0. The first-order chi connectivity index (χ1) is 7.71. The number of nitrogens with one attached hydrogen (secondary N) is 1. The Labute approximate surface area is 116 Å². The molecule has 0 unspecified atom stereocenters. The monoisotopic (exact) mass is 315 g/mol. The summed E-state index contributed by atoms with van der Waals surface area (Å²) in [6, 6.07) is 3.88. The Morgan fingerprint density at radius 2 is 1.82 bits per heavy atom. The molecule has 1 aromatic rings. The molecule has 0 atom stereocenters. The van der Waals surface area contributed by atoms with Crippen LogP contribution in [0.4, 0.5) is 5.69 Å². The largest absolute Gasteiger partial charge is 0.478 e. The second-order valence-corrected chi connectivity index (χ2v) is 5.64. The SMILES string of the molecule is O=C(O)c1cc(NC(=O)C(Cl)(Cl)Cl)ccc1Cl. The average Bonchev–Trinajstić information content (AvgIpc) is 2.19. The average molecular weight is 317 g/mol. The van der Waals surface area contributed by atoms with E-state index in [1.807, 2.05) is 0 Å². The van der Waals surface area contributed by atoms with Gasteiger partial charge in [0, 0.05) is 5.69 Å². The van der Waals surface area contributed by atoms with Crippen molar-refractivity contribution in [3.05, 3.63) is 28.8 Å². The zero-order valence-electron chi connectivity index (χ0n) is 8.01. The lowest BCUT2D eigenvalue weighted by Gasteiger charge is -2.12. The molecule has 4 nitrogen and oxygen atoms in total. The molecule has 0 fully saturated rings. The van der Waals surface area contributed by atoms with Crippen LogP contribution in [0.3, 0.4) is 0 Å². The number of halogens is 4. The molecule has 8 heteroatoms. The van der Waals surface area contributed by atoms with Gasteiger partial charge in [0.25, 0.3) is 9.70 Å². The first-order valence-corrected chi connectivity index (χ1v) is 5.64. The highest BCUT2D eigenvalue weighted by molar-refractivity contribution is 6.76. The number of carboxylic acid groups (broad SMARTS) is 1. The minimum atomic E-state index is -2.12. The van der Waals surface area contributed by atoms with Gasteiger partial charge in [0.05, 0.1) is 10.6 Å². The van der Waals surface area contributed by atoms with E-state index in [1.165, 1.54) is 18.2 Å². The molecule has 0 aromatic heterocycles. The Bertz CT molecular complexity index is 470. The van der Waals surface area contributed by atoms with Crippen molar-refractivity contribution in [1.29, 1.82) is 0 Å². The van der Waals surface area contributed by atoms with E-state index in [0.717, 1.165) is 0 Å². The van der Waals surface area contributed by atoms with Crippen molar-refractivity contribution < 1.29 is 14.7 Å². The van der Waals surface area contributed by atoms with E-state index in [2.05, 4.69) is 5.32 Å². The van der Waals surface area contributed by atoms with Crippen molar-refractivity contribution in [3.63, 3.8) is 0 Å². The van der Waals surface area contributed by atoms with Crippen LogP contribution < -0.4 is 5.32 Å². The van der Waals surface area contributed by atoms with E-state index in [1.54, 1.807) is 0 Å². The zero-order chi connectivity index (χ0) is 13.2. The molecule has 0 saturated heterocycles. The van der Waals surface area contributed by atoms with Crippen LogP contribution in [-0.4, -0.2) is 20.8 Å². The summed E-state index contributed by atoms with van der Waals surface area (Å²) >= 11 is 21.7. The molecule has 0 aliphatic carbocycles. The number of carbonyl (C=O) groups is 2. The normalized spacial score (nSPS) is 11.1. The van der Waals surface area contributed by atoms with Crippen molar-refractivity contribution in [2.45, 2.75) is 3.79 Å². The minimum Gasteiger partial charge on any atom is -0.478 e. The maximum absolute atomic E-state index is 11.3. The number of hydrogen-bond donors (Lipinski definition) is 2. The highest BCUT2D eigenvalue weighted by Gasteiger charge is 2.30. The molecular formula is C9H5Cl4NO3. The van der Waals surface area contributed by atoms with Crippen LogP contribution in [0.1, 0.15) is 10.4 Å². The van der Waals surface area contributed by atoms with Crippen LogP contribution in [0.5, 0.6) is 0 Å². The van der Waals surface area contributed by atoms with Gasteiger partial charge in [-0.1, -0.05) is 46.4 Å². The van der Waals surface area contributed by atoms with Gasteiger partial charge in [-0.15, -0.1) is 0 Å². The smallest absolute Gasteiger partial charge is 0.337 e. The Morgan fingerprint density at radius 1 is 1.24 bits per heavy atom. The van der Waals surface area contributed by atoms with Crippen LogP contribution >= 0.6 is 46.4 Å². The van der Waals surface area contributed by atoms with E-state index < -0.39 is 15.7 Å². The van der Waals surface area contributed by atoms with Crippen LogP contribution in [0.15, 0.2) is 18.2 Å². The fourth-order valence-electron chi connectivity index (χ4n) is 0.969. The minimum absolute atomic E-state index is 0.0457. The predicted molar refractivity (Wildman–Crippen MR) is 67.3 cm³/mol. The van der Waals surface area contributed by atoms with Gasteiger partial charge in [-0.3, -0.25) is 4.79 Å². The number of hydrogen-bond acceptors (Lipinski definition) is 2. The number of amides is 1. The summed E-state index contributed by atoms with van der Waals surface area (Å²) in [5, 5.41) is 11.1. The van der Waals surface area contributed by atoms with Gasteiger partial charge in [0.15, 0.2) is 0 Å². The summed E-state index contributed by atoms with van der Waals surface area (Å²) in [7, 11) is 0. The molecule has 92 valence electrons. The summed E-state index contributed by atoms with van der Waals surface area (Å²) < 4.78 is -2.12. The number of aromatic carboxylic acids is 1. The van der Waals surface area contributed by atoms with Gasteiger partial charge >= 0.3 is 5.97 Å². The second-order valence-electron chi connectivity index (χ2n) is 2.95. The summed E-state index contributed by atoms with van der Waals surface area (Å²) in [6.45, 7) is 0. The van der Waals surface area contributed by atoms with Crippen LogP contribution in [0.25, 0.3) is 0 Å². The molecule has 0 bridgehead atoms. The third kappa shape index (κ3) is 3.92. The molecule has 1 amide bonds. The Balaban J connectivity index is 2.98. The van der Waals surface area contributed by atoms with Crippen molar-refractivity contribution in [2.24, 2.45) is 0 Å². The quantitative estimate of drug-likeness (QED) is 0.822. The second kappa shape index (κ2) is 5.31. The van der Waals surface area contributed by atoms with Crippen molar-refractivity contribution in [3.8, 4) is 0 Å². The molecule has 2 N–H and O–H groups in total. The van der Waals surface area contributed by atoms with Gasteiger partial charge in [0.1, 0.15) is 0 Å². The van der Waals surface area contributed by atoms with Gasteiger partial charge in [-0.05, 0) is 18.2 Å².